The van der Waals surface area contributed by atoms with Crippen LogP contribution in [0.5, 0.6) is 0 Å². The van der Waals surface area contributed by atoms with Crippen molar-refractivity contribution in [2.24, 2.45) is 5.92 Å². The number of benzene rings is 1. The fourth-order valence-electron chi connectivity index (χ4n) is 1.85. The van der Waals surface area contributed by atoms with E-state index in [1.165, 1.54) is 12.1 Å². The van der Waals surface area contributed by atoms with Crippen LogP contribution in [-0.4, -0.2) is 27.3 Å². The molecule has 2 rings (SSSR count). The summed E-state index contributed by atoms with van der Waals surface area (Å²) in [6.45, 7) is 3.77. The van der Waals surface area contributed by atoms with Crippen molar-refractivity contribution in [1.29, 1.82) is 0 Å². The van der Waals surface area contributed by atoms with Gasteiger partial charge in [0.15, 0.2) is 0 Å². The average Bonchev–Trinajstić information content (AvgIpc) is 2.87. The van der Waals surface area contributed by atoms with E-state index in [2.05, 4.69) is 15.5 Å². The Morgan fingerprint density at radius 1 is 1.38 bits per heavy atom. The summed E-state index contributed by atoms with van der Waals surface area (Å²) in [5.41, 5.74) is 0.630. The smallest absolute Gasteiger partial charge is 0.320 e. The molecule has 0 aliphatic heterocycles. The molecule has 112 valence electrons. The Morgan fingerprint density at radius 3 is 2.62 bits per heavy atom. The third-order valence-corrected chi connectivity index (χ3v) is 2.98. The van der Waals surface area contributed by atoms with E-state index in [9.17, 15) is 9.18 Å². The van der Waals surface area contributed by atoms with Gasteiger partial charge in [0.25, 0.3) is 0 Å². The van der Waals surface area contributed by atoms with Crippen LogP contribution in [0.25, 0.3) is 11.4 Å². The molecule has 0 fully saturated rings. The van der Waals surface area contributed by atoms with E-state index in [1.807, 2.05) is 13.8 Å². The second-order valence-electron chi connectivity index (χ2n) is 4.96. The van der Waals surface area contributed by atoms with Gasteiger partial charge in [0, 0.05) is 5.56 Å². The molecule has 0 aliphatic rings. The van der Waals surface area contributed by atoms with E-state index in [-0.39, 0.29) is 24.2 Å². The molecular formula is C14H16FN3O3. The first-order chi connectivity index (χ1) is 9.97. The molecule has 1 aromatic carbocycles. The molecule has 0 saturated carbocycles. The summed E-state index contributed by atoms with van der Waals surface area (Å²) < 4.78 is 17.9. The van der Waals surface area contributed by atoms with Gasteiger partial charge in [-0.3, -0.25) is 10.1 Å². The van der Waals surface area contributed by atoms with Crippen LogP contribution in [0.4, 0.5) is 4.39 Å². The Hall–Kier alpha value is -2.28. The predicted octanol–water partition coefficient (Wildman–Crippen LogP) is 2.07. The molecule has 0 amide bonds. The highest BCUT2D eigenvalue weighted by Crippen LogP contribution is 2.16. The maximum Gasteiger partial charge on any atom is 0.320 e. The lowest BCUT2D eigenvalue weighted by atomic mass is 10.1. The molecule has 0 radical (unpaired) electrons. The van der Waals surface area contributed by atoms with Crippen LogP contribution < -0.4 is 5.32 Å². The van der Waals surface area contributed by atoms with Gasteiger partial charge in [-0.2, -0.15) is 4.98 Å². The summed E-state index contributed by atoms with van der Waals surface area (Å²) in [7, 11) is 0. The van der Waals surface area contributed by atoms with Crippen molar-refractivity contribution in [3.05, 3.63) is 36.0 Å². The van der Waals surface area contributed by atoms with Crippen molar-refractivity contribution in [3.8, 4) is 11.4 Å². The first kappa shape index (κ1) is 15.1. The van der Waals surface area contributed by atoms with E-state index < -0.39 is 12.0 Å². The summed E-state index contributed by atoms with van der Waals surface area (Å²) in [6, 6.07) is 5.02. The largest absolute Gasteiger partial charge is 0.480 e. The van der Waals surface area contributed by atoms with Gasteiger partial charge in [-0.1, -0.05) is 19.0 Å². The Bertz CT molecular complexity index is 610. The number of nitrogens with one attached hydrogen (secondary N) is 1. The highest BCUT2D eigenvalue weighted by Gasteiger charge is 2.21. The monoisotopic (exact) mass is 293 g/mol. The number of rotatable bonds is 6. The number of aliphatic carboxylic acids is 1. The fraction of sp³-hybridized carbons (Fsp3) is 0.357. The molecule has 21 heavy (non-hydrogen) atoms. The third kappa shape index (κ3) is 3.85. The molecule has 0 saturated heterocycles. The molecule has 6 nitrogen and oxygen atoms in total. The van der Waals surface area contributed by atoms with Crippen molar-refractivity contribution in [2.75, 3.05) is 0 Å². The minimum Gasteiger partial charge on any atom is -0.480 e. The zero-order chi connectivity index (χ0) is 15.4. The highest BCUT2D eigenvalue weighted by molar-refractivity contribution is 5.73. The lowest BCUT2D eigenvalue weighted by Crippen LogP contribution is -2.40. The van der Waals surface area contributed by atoms with Gasteiger partial charge in [-0.25, -0.2) is 4.39 Å². The Kier molecular flexibility index (Phi) is 4.64. The normalized spacial score (nSPS) is 12.6. The van der Waals surface area contributed by atoms with E-state index in [0.29, 0.717) is 11.4 Å². The number of hydrogen-bond donors (Lipinski definition) is 2. The number of halogens is 1. The standard InChI is InChI=1S/C14H16FN3O3/c1-8(2)12(14(19)20)16-7-11-17-13(18-21-11)9-3-5-10(15)6-4-9/h3-6,8,12,16H,7H2,1-2H3,(H,19,20). The summed E-state index contributed by atoms with van der Waals surface area (Å²) in [5.74, 6) is -0.722. The van der Waals surface area contributed by atoms with Crippen molar-refractivity contribution >= 4 is 5.97 Å². The lowest BCUT2D eigenvalue weighted by Gasteiger charge is -2.16. The van der Waals surface area contributed by atoms with Crippen molar-refractivity contribution in [1.82, 2.24) is 15.5 Å². The van der Waals surface area contributed by atoms with Gasteiger partial charge in [-0.05, 0) is 30.2 Å². The van der Waals surface area contributed by atoms with E-state index in [4.69, 9.17) is 9.63 Å². The summed E-state index contributed by atoms with van der Waals surface area (Å²) >= 11 is 0. The zero-order valence-electron chi connectivity index (χ0n) is 11.7. The van der Waals surface area contributed by atoms with Crippen LogP contribution >= 0.6 is 0 Å². The zero-order valence-corrected chi connectivity index (χ0v) is 11.7. The molecule has 1 heterocycles. The minimum atomic E-state index is -0.928. The van der Waals surface area contributed by atoms with Gasteiger partial charge >= 0.3 is 5.97 Å². The fourth-order valence-corrected chi connectivity index (χ4v) is 1.85. The number of carboxylic acid groups (broad SMARTS) is 1. The first-order valence-corrected chi connectivity index (χ1v) is 6.52. The Balaban J connectivity index is 2.03. The van der Waals surface area contributed by atoms with Crippen LogP contribution in [0.3, 0.4) is 0 Å². The van der Waals surface area contributed by atoms with Gasteiger partial charge < -0.3 is 9.63 Å². The SMILES string of the molecule is CC(C)C(NCc1nc(-c2ccc(F)cc2)no1)C(=O)O. The molecule has 0 spiro atoms. The van der Waals surface area contributed by atoms with E-state index in [1.54, 1.807) is 12.1 Å². The average molecular weight is 293 g/mol. The third-order valence-electron chi connectivity index (χ3n) is 2.98. The topological polar surface area (TPSA) is 88.3 Å². The van der Waals surface area contributed by atoms with Gasteiger partial charge in [0.1, 0.15) is 11.9 Å². The number of carboxylic acids is 1. The van der Waals surface area contributed by atoms with Crippen molar-refractivity contribution < 1.29 is 18.8 Å². The van der Waals surface area contributed by atoms with Crippen LogP contribution in [0.1, 0.15) is 19.7 Å². The maximum atomic E-state index is 12.8. The summed E-state index contributed by atoms with van der Waals surface area (Å²) in [6.07, 6.45) is 0. The number of nitrogens with zero attached hydrogens (tertiary/aromatic N) is 2. The second-order valence-corrected chi connectivity index (χ2v) is 4.96. The van der Waals surface area contributed by atoms with Crippen LogP contribution in [0.15, 0.2) is 28.8 Å². The molecular weight excluding hydrogens is 277 g/mol. The van der Waals surface area contributed by atoms with Gasteiger partial charge in [0.2, 0.25) is 11.7 Å². The molecule has 1 atom stereocenters. The Morgan fingerprint density at radius 2 is 2.05 bits per heavy atom. The summed E-state index contributed by atoms with van der Waals surface area (Å²) in [4.78, 5) is 15.2. The molecule has 2 N–H and O–H groups in total. The van der Waals surface area contributed by atoms with Crippen LogP contribution in [0.2, 0.25) is 0 Å². The highest BCUT2D eigenvalue weighted by atomic mass is 19.1. The Labute approximate surface area is 121 Å². The molecule has 2 aromatic rings. The van der Waals surface area contributed by atoms with Gasteiger partial charge in [0.05, 0.1) is 6.54 Å². The molecule has 0 aliphatic carbocycles. The van der Waals surface area contributed by atoms with Crippen molar-refractivity contribution in [2.45, 2.75) is 26.4 Å². The minimum absolute atomic E-state index is 0.0676. The van der Waals surface area contributed by atoms with Crippen LogP contribution in [0, 0.1) is 11.7 Å². The van der Waals surface area contributed by atoms with E-state index in [0.717, 1.165) is 0 Å². The summed E-state index contributed by atoms with van der Waals surface area (Å²) in [5, 5.41) is 15.7. The number of aromatic nitrogens is 2. The van der Waals surface area contributed by atoms with Crippen molar-refractivity contribution in [3.63, 3.8) is 0 Å². The maximum absolute atomic E-state index is 12.8. The number of hydrogen-bond acceptors (Lipinski definition) is 5. The molecule has 7 heteroatoms. The first-order valence-electron chi connectivity index (χ1n) is 6.52. The molecule has 1 aromatic heterocycles. The molecule has 0 bridgehead atoms. The second kappa shape index (κ2) is 6.45. The van der Waals surface area contributed by atoms with E-state index >= 15 is 0 Å². The lowest BCUT2D eigenvalue weighted by molar-refractivity contribution is -0.140. The predicted molar refractivity (Wildman–Crippen MR) is 72.8 cm³/mol. The molecule has 1 unspecified atom stereocenters. The van der Waals surface area contributed by atoms with Crippen LogP contribution in [-0.2, 0) is 11.3 Å². The quantitative estimate of drug-likeness (QED) is 0.847. The number of carbonyl (C=O) groups is 1. The van der Waals surface area contributed by atoms with Gasteiger partial charge in [-0.15, -0.1) is 0 Å².